The first kappa shape index (κ1) is 19.7. The molecule has 28 heavy (non-hydrogen) atoms. The lowest BCUT2D eigenvalue weighted by Gasteiger charge is -2.23. The van der Waals surface area contributed by atoms with E-state index in [1.165, 1.54) is 12.3 Å². The molecule has 7 heteroatoms. The van der Waals surface area contributed by atoms with Gasteiger partial charge in [0.1, 0.15) is 5.69 Å². The lowest BCUT2D eigenvalue weighted by molar-refractivity contribution is -0.658. The first-order valence-corrected chi connectivity index (χ1v) is 10.2. The fourth-order valence-electron chi connectivity index (χ4n) is 4.33. The number of nitrogens with zero attached hydrogens (tertiary/aromatic N) is 2. The van der Waals surface area contributed by atoms with Crippen LogP contribution < -0.4 is 31.4 Å². The van der Waals surface area contributed by atoms with Crippen molar-refractivity contribution >= 4 is 27.5 Å². The molecule has 1 atom stereocenters. The summed E-state index contributed by atoms with van der Waals surface area (Å²) in [6.45, 7) is 1.64. The number of amidine groups is 1. The van der Waals surface area contributed by atoms with Crippen molar-refractivity contribution in [1.29, 1.82) is 0 Å². The fourth-order valence-corrected chi connectivity index (χ4v) is 4.59. The maximum Gasteiger partial charge on any atom is 0.271 e. The van der Waals surface area contributed by atoms with Crippen molar-refractivity contribution in [2.24, 2.45) is 0 Å². The Balaban J connectivity index is 0.00000192. The van der Waals surface area contributed by atoms with Crippen LogP contribution in [0.5, 0.6) is 11.5 Å². The van der Waals surface area contributed by atoms with Gasteiger partial charge in [0.15, 0.2) is 18.0 Å². The highest BCUT2D eigenvalue weighted by molar-refractivity contribution is 9.10. The molecule has 2 aromatic rings. The van der Waals surface area contributed by atoms with Gasteiger partial charge in [-0.1, -0.05) is 28.1 Å². The van der Waals surface area contributed by atoms with Crippen LogP contribution in [0.1, 0.15) is 31.2 Å². The predicted molar refractivity (Wildman–Crippen MR) is 107 cm³/mol. The van der Waals surface area contributed by atoms with Gasteiger partial charge in [-0.25, -0.2) is 9.48 Å². The second-order valence-electron chi connectivity index (χ2n) is 7.33. The summed E-state index contributed by atoms with van der Waals surface area (Å²) >= 11 is 3.49. The van der Waals surface area contributed by atoms with Crippen LogP contribution in [0.25, 0.3) is 0 Å². The molecule has 0 amide bonds. The Kier molecular flexibility index (Phi) is 5.42. The molecule has 0 fully saturated rings. The van der Waals surface area contributed by atoms with E-state index in [2.05, 4.69) is 31.5 Å². The minimum absolute atomic E-state index is 0. The fraction of sp³-hybridized carbons (Fsp3) is 0.381. The molecular formula is C21H22Br2N2O3. The highest BCUT2D eigenvalue weighted by Crippen LogP contribution is 2.40. The summed E-state index contributed by atoms with van der Waals surface area (Å²) < 4.78 is 14.2. The Morgan fingerprint density at radius 3 is 2.61 bits per heavy atom. The predicted octanol–water partition coefficient (Wildman–Crippen LogP) is 0.832. The van der Waals surface area contributed by atoms with Crippen molar-refractivity contribution in [2.45, 2.75) is 31.4 Å². The minimum Gasteiger partial charge on any atom is -1.00 e. The second kappa shape index (κ2) is 7.69. The van der Waals surface area contributed by atoms with Crippen LogP contribution in [0, 0.1) is 0 Å². The number of fused-ring (bicyclic) bond motifs is 1. The Morgan fingerprint density at radius 2 is 1.79 bits per heavy atom. The van der Waals surface area contributed by atoms with Gasteiger partial charge in [0.05, 0.1) is 6.54 Å². The first-order chi connectivity index (χ1) is 13.1. The molecule has 2 aromatic carbocycles. The zero-order valence-electron chi connectivity index (χ0n) is 15.4. The number of aliphatic hydroxyl groups is 1. The standard InChI is InChI=1S/C21H22BrN2O3.BrH/c22-16-7-5-15(6-8-16)21(25)13-23(20-4-2-1-3-11-24(20)21)17-9-10-18-19(12-17)27-14-26-18;/h5-10,12,25H,1-4,11,13-14H2;1H/q+1;/p-1. The van der Waals surface area contributed by atoms with Crippen molar-refractivity contribution in [3.63, 3.8) is 0 Å². The van der Waals surface area contributed by atoms with Crippen LogP contribution in [0.2, 0.25) is 0 Å². The number of hydrogen-bond donors (Lipinski definition) is 1. The molecule has 3 aliphatic heterocycles. The van der Waals surface area contributed by atoms with E-state index in [1.807, 2.05) is 36.4 Å². The summed E-state index contributed by atoms with van der Waals surface area (Å²) in [7, 11) is 0. The summed E-state index contributed by atoms with van der Waals surface area (Å²) in [6, 6.07) is 14.0. The second-order valence-corrected chi connectivity index (χ2v) is 8.24. The molecule has 0 saturated carbocycles. The van der Waals surface area contributed by atoms with Crippen LogP contribution in [-0.4, -0.2) is 35.4 Å². The molecule has 0 aliphatic carbocycles. The molecule has 0 bridgehead atoms. The molecular weight excluding hydrogens is 488 g/mol. The van der Waals surface area contributed by atoms with E-state index in [9.17, 15) is 5.11 Å². The van der Waals surface area contributed by atoms with Crippen LogP contribution in [0.4, 0.5) is 5.69 Å². The number of benzene rings is 2. The summed E-state index contributed by atoms with van der Waals surface area (Å²) in [5.74, 6) is 2.74. The third-order valence-corrected chi connectivity index (χ3v) is 6.23. The number of ether oxygens (including phenoxy) is 2. The van der Waals surface area contributed by atoms with Gasteiger partial charge in [-0.2, -0.15) is 0 Å². The third kappa shape index (κ3) is 3.23. The van der Waals surface area contributed by atoms with E-state index in [0.29, 0.717) is 6.54 Å². The van der Waals surface area contributed by atoms with Gasteiger partial charge in [0.25, 0.3) is 11.6 Å². The molecule has 3 heterocycles. The molecule has 1 N–H and O–H groups in total. The molecule has 0 aromatic heterocycles. The quantitative estimate of drug-likeness (QED) is 0.609. The summed E-state index contributed by atoms with van der Waals surface area (Å²) in [6.07, 6.45) is 4.39. The number of rotatable bonds is 2. The number of halogens is 2. The number of hydrogen-bond acceptors (Lipinski definition) is 4. The first-order valence-electron chi connectivity index (χ1n) is 9.44. The zero-order chi connectivity index (χ0) is 18.4. The summed E-state index contributed by atoms with van der Waals surface area (Å²) in [5, 5.41) is 11.8. The Labute approximate surface area is 183 Å². The van der Waals surface area contributed by atoms with Crippen molar-refractivity contribution in [3.05, 3.63) is 52.5 Å². The zero-order valence-corrected chi connectivity index (χ0v) is 18.6. The van der Waals surface area contributed by atoms with Gasteiger partial charge in [-0.05, 0) is 43.5 Å². The Bertz CT molecular complexity index is 916. The molecule has 0 radical (unpaired) electrons. The van der Waals surface area contributed by atoms with Crippen molar-refractivity contribution in [3.8, 4) is 11.5 Å². The van der Waals surface area contributed by atoms with Gasteiger partial charge in [-0.3, -0.25) is 0 Å². The highest BCUT2D eigenvalue weighted by Gasteiger charge is 2.52. The monoisotopic (exact) mass is 508 g/mol. The molecule has 5 rings (SSSR count). The SMILES string of the molecule is OC1(c2ccc(Br)cc2)CN(c2ccc3c(c2)OCO3)C2=[N+]1CCCCC2.[Br-]. The summed E-state index contributed by atoms with van der Waals surface area (Å²) in [5.41, 5.74) is 0.930. The molecule has 0 saturated heterocycles. The van der Waals surface area contributed by atoms with E-state index in [1.54, 1.807) is 0 Å². The van der Waals surface area contributed by atoms with E-state index in [0.717, 1.165) is 53.0 Å². The molecule has 148 valence electrons. The molecule has 1 unspecified atom stereocenters. The van der Waals surface area contributed by atoms with Crippen LogP contribution >= 0.6 is 15.9 Å². The third-order valence-electron chi connectivity index (χ3n) is 5.70. The van der Waals surface area contributed by atoms with Crippen molar-refractivity contribution < 1.29 is 36.1 Å². The average molecular weight is 510 g/mol. The van der Waals surface area contributed by atoms with Gasteiger partial charge in [0, 0.05) is 22.5 Å². The summed E-state index contributed by atoms with van der Waals surface area (Å²) in [4.78, 5) is 2.25. The lowest BCUT2D eigenvalue weighted by atomic mass is 10.0. The van der Waals surface area contributed by atoms with E-state index in [-0.39, 0.29) is 23.8 Å². The van der Waals surface area contributed by atoms with Gasteiger partial charge in [0.2, 0.25) is 6.79 Å². The van der Waals surface area contributed by atoms with Gasteiger partial charge < -0.3 is 31.6 Å². The van der Waals surface area contributed by atoms with Crippen LogP contribution in [0.3, 0.4) is 0 Å². The smallest absolute Gasteiger partial charge is 0.271 e. The van der Waals surface area contributed by atoms with Gasteiger partial charge in [-0.15, -0.1) is 0 Å². The molecule has 0 spiro atoms. The van der Waals surface area contributed by atoms with Crippen molar-refractivity contribution in [2.75, 3.05) is 24.8 Å². The van der Waals surface area contributed by atoms with Gasteiger partial charge >= 0.3 is 0 Å². The number of β-amino-alcohol motifs (C(OH)–C–C–N with tert-alkyl or cyclic N) is 1. The average Bonchev–Trinajstić information content (AvgIpc) is 3.15. The van der Waals surface area contributed by atoms with E-state index >= 15 is 0 Å². The largest absolute Gasteiger partial charge is 1.00 e. The lowest BCUT2D eigenvalue weighted by Crippen LogP contribution is -3.00. The molecule has 5 nitrogen and oxygen atoms in total. The Hall–Kier alpha value is -1.57. The Morgan fingerprint density at radius 1 is 1.00 bits per heavy atom. The normalized spacial score (nSPS) is 23.3. The van der Waals surface area contributed by atoms with Crippen molar-refractivity contribution in [1.82, 2.24) is 0 Å². The maximum absolute atomic E-state index is 11.8. The topological polar surface area (TPSA) is 44.9 Å². The highest BCUT2D eigenvalue weighted by atomic mass is 79.9. The van der Waals surface area contributed by atoms with E-state index < -0.39 is 5.72 Å². The maximum atomic E-state index is 11.8. The molecule has 3 aliphatic rings. The number of anilines is 1. The minimum atomic E-state index is -1.03. The van der Waals surface area contributed by atoms with Crippen LogP contribution in [-0.2, 0) is 5.72 Å². The van der Waals surface area contributed by atoms with Crippen LogP contribution in [0.15, 0.2) is 46.9 Å². The van der Waals surface area contributed by atoms with E-state index in [4.69, 9.17) is 9.47 Å².